The molecule has 0 radical (unpaired) electrons. The number of nitrogens with one attached hydrogen (secondary N) is 1. The summed E-state index contributed by atoms with van der Waals surface area (Å²) in [4.78, 5) is 26.9. The molecule has 0 aliphatic carbocycles. The van der Waals surface area contributed by atoms with Gasteiger partial charge in [0.05, 0.1) is 18.6 Å². The summed E-state index contributed by atoms with van der Waals surface area (Å²) >= 11 is 6.20. The van der Waals surface area contributed by atoms with Crippen LogP contribution >= 0.6 is 11.6 Å². The van der Waals surface area contributed by atoms with E-state index in [1.165, 1.54) is 0 Å². The Morgan fingerprint density at radius 2 is 1.96 bits per heavy atom. The van der Waals surface area contributed by atoms with E-state index >= 15 is 0 Å². The molecular weight excluding hydrogens is 364 g/mol. The number of hydrogen-bond donors (Lipinski definition) is 1. The summed E-state index contributed by atoms with van der Waals surface area (Å²) in [5.41, 5.74) is 1.89. The van der Waals surface area contributed by atoms with Crippen LogP contribution < -0.4 is 10.1 Å². The largest absolute Gasteiger partial charge is 0.493 e. The highest BCUT2D eigenvalue weighted by Gasteiger charge is 2.36. The fraction of sp³-hybridized carbons (Fsp3) is 0.333. The second-order valence-electron chi connectivity index (χ2n) is 7.00. The monoisotopic (exact) mass is 384 g/mol. The van der Waals surface area contributed by atoms with Crippen LogP contribution in [0.15, 0.2) is 48.5 Å². The zero-order valence-electron chi connectivity index (χ0n) is 14.9. The maximum Gasteiger partial charge on any atom is 0.225 e. The van der Waals surface area contributed by atoms with Crippen molar-refractivity contribution in [1.82, 2.24) is 10.2 Å². The number of ether oxygens (including phenoxy) is 1. The lowest BCUT2D eigenvalue weighted by Gasteiger charge is -2.27. The second kappa shape index (κ2) is 7.61. The van der Waals surface area contributed by atoms with Gasteiger partial charge in [0, 0.05) is 36.5 Å². The molecule has 1 saturated heterocycles. The van der Waals surface area contributed by atoms with Gasteiger partial charge in [-0.15, -0.1) is 0 Å². The molecule has 2 heterocycles. The molecule has 2 aliphatic heterocycles. The number of hydrogen-bond acceptors (Lipinski definition) is 3. The molecular formula is C21H21ClN2O3. The molecule has 0 aromatic heterocycles. The standard InChI is InChI=1S/C21H21ClN2O3/c22-17-7-3-1-5-14(17)12-24-13-15(11-20(24)25)21(26)23-18-9-10-27-19-8-4-2-6-16(18)19/h1-8,15,18H,9-13H2,(H,23,26)/t15-,18-/m0/s1. The minimum absolute atomic E-state index is 0.0116. The van der Waals surface area contributed by atoms with Crippen LogP contribution in [0.5, 0.6) is 5.75 Å². The Hall–Kier alpha value is -2.53. The molecule has 0 unspecified atom stereocenters. The first-order valence-electron chi connectivity index (χ1n) is 9.15. The third-order valence-electron chi connectivity index (χ3n) is 5.18. The van der Waals surface area contributed by atoms with E-state index in [-0.39, 0.29) is 30.2 Å². The van der Waals surface area contributed by atoms with E-state index in [9.17, 15) is 9.59 Å². The van der Waals surface area contributed by atoms with E-state index in [2.05, 4.69) is 5.32 Å². The highest BCUT2D eigenvalue weighted by Crippen LogP contribution is 2.32. The predicted molar refractivity (Wildman–Crippen MR) is 102 cm³/mol. The van der Waals surface area contributed by atoms with Gasteiger partial charge in [-0.25, -0.2) is 0 Å². The van der Waals surface area contributed by atoms with E-state index in [1.54, 1.807) is 4.90 Å². The van der Waals surface area contributed by atoms with Gasteiger partial charge in [-0.3, -0.25) is 9.59 Å². The van der Waals surface area contributed by atoms with Gasteiger partial charge < -0.3 is 15.0 Å². The number of benzene rings is 2. The van der Waals surface area contributed by atoms with Crippen molar-refractivity contribution in [3.05, 3.63) is 64.7 Å². The molecule has 1 fully saturated rings. The van der Waals surface area contributed by atoms with Crippen molar-refractivity contribution < 1.29 is 14.3 Å². The SMILES string of the molecule is O=C(N[C@H]1CCOc2ccccc21)[C@H]1CC(=O)N(Cc2ccccc2Cl)C1. The molecule has 0 saturated carbocycles. The first kappa shape index (κ1) is 17.9. The molecule has 2 aromatic rings. The molecule has 140 valence electrons. The van der Waals surface area contributed by atoms with Crippen LogP contribution in [0, 0.1) is 5.92 Å². The Morgan fingerprint density at radius 3 is 2.81 bits per heavy atom. The molecule has 0 spiro atoms. The molecule has 2 aromatic carbocycles. The van der Waals surface area contributed by atoms with Crippen molar-refractivity contribution in [2.24, 2.45) is 5.92 Å². The Balaban J connectivity index is 1.41. The number of likely N-dealkylation sites (tertiary alicyclic amines) is 1. The van der Waals surface area contributed by atoms with Gasteiger partial charge in [0.25, 0.3) is 0 Å². The number of para-hydroxylation sites is 1. The van der Waals surface area contributed by atoms with Crippen LogP contribution in [0.3, 0.4) is 0 Å². The fourth-order valence-corrected chi connectivity index (χ4v) is 3.91. The number of nitrogens with zero attached hydrogens (tertiary/aromatic N) is 1. The van der Waals surface area contributed by atoms with Crippen molar-refractivity contribution in [1.29, 1.82) is 0 Å². The number of carbonyl (C=O) groups is 2. The number of fused-ring (bicyclic) bond motifs is 1. The summed E-state index contributed by atoms with van der Waals surface area (Å²) < 4.78 is 5.65. The van der Waals surface area contributed by atoms with E-state index in [0.717, 1.165) is 23.3 Å². The van der Waals surface area contributed by atoms with Gasteiger partial charge >= 0.3 is 0 Å². The lowest BCUT2D eigenvalue weighted by Crippen LogP contribution is -2.37. The third kappa shape index (κ3) is 3.78. The van der Waals surface area contributed by atoms with Gasteiger partial charge in [-0.1, -0.05) is 48.0 Å². The smallest absolute Gasteiger partial charge is 0.225 e. The summed E-state index contributed by atoms with van der Waals surface area (Å²) in [6.45, 7) is 1.42. The molecule has 2 atom stereocenters. The third-order valence-corrected chi connectivity index (χ3v) is 5.55. The lowest BCUT2D eigenvalue weighted by atomic mass is 9.99. The molecule has 27 heavy (non-hydrogen) atoms. The minimum atomic E-state index is -0.338. The highest BCUT2D eigenvalue weighted by molar-refractivity contribution is 6.31. The second-order valence-corrected chi connectivity index (χ2v) is 7.41. The van der Waals surface area contributed by atoms with Gasteiger partial charge in [-0.2, -0.15) is 0 Å². The van der Waals surface area contributed by atoms with E-state index < -0.39 is 0 Å². The Bertz CT molecular complexity index is 870. The normalized spacial score (nSPS) is 21.5. The van der Waals surface area contributed by atoms with Crippen LogP contribution in [0.2, 0.25) is 5.02 Å². The Morgan fingerprint density at radius 1 is 1.19 bits per heavy atom. The molecule has 0 bridgehead atoms. The number of rotatable bonds is 4. The van der Waals surface area contributed by atoms with Gasteiger partial charge in [-0.05, 0) is 17.7 Å². The quantitative estimate of drug-likeness (QED) is 0.879. The first-order chi connectivity index (χ1) is 13.1. The van der Waals surface area contributed by atoms with Gasteiger partial charge in [0.1, 0.15) is 5.75 Å². The van der Waals surface area contributed by atoms with E-state index in [4.69, 9.17) is 16.3 Å². The van der Waals surface area contributed by atoms with Crippen LogP contribution in [-0.2, 0) is 16.1 Å². The zero-order chi connectivity index (χ0) is 18.8. The van der Waals surface area contributed by atoms with Crippen LogP contribution in [0.4, 0.5) is 0 Å². The predicted octanol–water partition coefficient (Wildman–Crippen LogP) is 3.33. The molecule has 1 N–H and O–H groups in total. The zero-order valence-corrected chi connectivity index (χ0v) is 15.6. The highest BCUT2D eigenvalue weighted by atomic mass is 35.5. The molecule has 5 nitrogen and oxygen atoms in total. The lowest BCUT2D eigenvalue weighted by molar-refractivity contribution is -0.129. The summed E-state index contributed by atoms with van der Waals surface area (Å²) in [6, 6.07) is 15.2. The van der Waals surface area contributed by atoms with E-state index in [0.29, 0.717) is 24.7 Å². The Labute approximate surface area is 163 Å². The van der Waals surface area contributed by atoms with Gasteiger partial charge in [0.15, 0.2) is 0 Å². The minimum Gasteiger partial charge on any atom is -0.493 e. The average molecular weight is 385 g/mol. The van der Waals surface area contributed by atoms with E-state index in [1.807, 2.05) is 48.5 Å². The first-order valence-corrected chi connectivity index (χ1v) is 9.53. The number of halogens is 1. The van der Waals surface area contributed by atoms with Crippen LogP contribution in [0.25, 0.3) is 0 Å². The van der Waals surface area contributed by atoms with Crippen molar-refractivity contribution in [3.8, 4) is 5.75 Å². The molecule has 4 rings (SSSR count). The maximum absolute atomic E-state index is 12.8. The molecule has 2 aliphatic rings. The average Bonchev–Trinajstić information content (AvgIpc) is 3.05. The van der Waals surface area contributed by atoms with Crippen molar-refractivity contribution in [2.45, 2.75) is 25.4 Å². The molecule has 2 amide bonds. The summed E-state index contributed by atoms with van der Waals surface area (Å²) in [5.74, 6) is 0.390. The van der Waals surface area contributed by atoms with Crippen molar-refractivity contribution >= 4 is 23.4 Å². The van der Waals surface area contributed by atoms with Gasteiger partial charge in [0.2, 0.25) is 11.8 Å². The van der Waals surface area contributed by atoms with Crippen molar-refractivity contribution in [2.75, 3.05) is 13.2 Å². The fourth-order valence-electron chi connectivity index (χ4n) is 3.71. The summed E-state index contributed by atoms with van der Waals surface area (Å²) in [6.07, 6.45) is 0.966. The Kier molecular flexibility index (Phi) is 5.03. The number of carbonyl (C=O) groups excluding carboxylic acids is 2. The maximum atomic E-state index is 12.8. The van der Waals surface area contributed by atoms with Crippen LogP contribution in [0.1, 0.15) is 30.0 Å². The van der Waals surface area contributed by atoms with Crippen molar-refractivity contribution in [3.63, 3.8) is 0 Å². The van der Waals surface area contributed by atoms with Crippen LogP contribution in [-0.4, -0.2) is 29.9 Å². The summed E-state index contributed by atoms with van der Waals surface area (Å²) in [7, 11) is 0. The summed E-state index contributed by atoms with van der Waals surface area (Å²) in [5, 5.41) is 3.75. The number of amides is 2. The topological polar surface area (TPSA) is 58.6 Å². The molecule has 6 heteroatoms.